The van der Waals surface area contributed by atoms with Crippen LogP contribution in [0.5, 0.6) is 0 Å². The number of hydrogen-bond acceptors (Lipinski definition) is 7. The van der Waals surface area contributed by atoms with E-state index in [1.165, 1.54) is 7.11 Å². The third-order valence-corrected chi connectivity index (χ3v) is 7.05. The summed E-state index contributed by atoms with van der Waals surface area (Å²) in [6, 6.07) is 27.4. The topological polar surface area (TPSA) is 100 Å². The molecule has 0 fully saturated rings. The van der Waals surface area contributed by atoms with Crippen molar-refractivity contribution in [2.24, 2.45) is 0 Å². The molecule has 3 aromatic carbocycles. The van der Waals surface area contributed by atoms with Gasteiger partial charge in [-0.2, -0.15) is 0 Å². The number of amides is 1. The molecule has 1 N–H and O–H groups in total. The SMILES string of the molecule is COC(=O)COP(=O)(OCc1ccccc1)[C@H](Cc1ccccc1)NC(=O)OCc1ccccc1. The highest BCUT2D eigenvalue weighted by atomic mass is 31.2. The van der Waals surface area contributed by atoms with Crippen LogP contribution in [-0.2, 0) is 47.5 Å². The van der Waals surface area contributed by atoms with Crippen LogP contribution in [-0.4, -0.2) is 31.6 Å². The van der Waals surface area contributed by atoms with Crippen LogP contribution in [0.15, 0.2) is 91.0 Å². The fourth-order valence-electron chi connectivity index (χ4n) is 3.14. The average molecular weight is 497 g/mol. The minimum Gasteiger partial charge on any atom is -0.467 e. The number of hydrogen-bond donors (Lipinski definition) is 1. The van der Waals surface area contributed by atoms with E-state index in [4.69, 9.17) is 13.8 Å². The highest BCUT2D eigenvalue weighted by Gasteiger charge is 2.39. The summed E-state index contributed by atoms with van der Waals surface area (Å²) >= 11 is 0. The molecule has 8 nitrogen and oxygen atoms in total. The second-order valence-electron chi connectivity index (χ2n) is 7.56. The summed E-state index contributed by atoms with van der Waals surface area (Å²) in [5.74, 6) is -1.85. The first kappa shape index (κ1) is 26.2. The Bertz CT molecular complexity index is 1110. The van der Waals surface area contributed by atoms with Gasteiger partial charge in [0.2, 0.25) is 0 Å². The molecular weight excluding hydrogens is 469 g/mol. The fourth-order valence-corrected chi connectivity index (χ4v) is 4.88. The van der Waals surface area contributed by atoms with Gasteiger partial charge in [0, 0.05) is 6.42 Å². The number of carbonyl (C=O) groups excluding carboxylic acids is 2. The van der Waals surface area contributed by atoms with Crippen LogP contribution in [0.2, 0.25) is 0 Å². The number of alkyl carbamates (subject to hydrolysis) is 1. The molecule has 0 spiro atoms. The second-order valence-corrected chi connectivity index (χ2v) is 9.78. The van der Waals surface area contributed by atoms with Gasteiger partial charge in [-0.1, -0.05) is 91.0 Å². The molecule has 0 aliphatic heterocycles. The van der Waals surface area contributed by atoms with Gasteiger partial charge in [0.1, 0.15) is 12.4 Å². The number of benzene rings is 3. The van der Waals surface area contributed by atoms with Gasteiger partial charge in [-0.15, -0.1) is 0 Å². The van der Waals surface area contributed by atoms with Gasteiger partial charge >= 0.3 is 19.7 Å². The van der Waals surface area contributed by atoms with Gasteiger partial charge < -0.3 is 19.3 Å². The summed E-state index contributed by atoms with van der Waals surface area (Å²) in [4.78, 5) is 24.4. The Hall–Kier alpha value is -3.45. The smallest absolute Gasteiger partial charge is 0.408 e. The lowest BCUT2D eigenvalue weighted by Gasteiger charge is -2.27. The Kier molecular flexibility index (Phi) is 10.0. The highest BCUT2D eigenvalue weighted by Crippen LogP contribution is 2.53. The summed E-state index contributed by atoms with van der Waals surface area (Å²) < 4.78 is 35.2. The van der Waals surface area contributed by atoms with E-state index < -0.39 is 32.0 Å². The van der Waals surface area contributed by atoms with Crippen LogP contribution in [0.25, 0.3) is 0 Å². The summed E-state index contributed by atoms with van der Waals surface area (Å²) in [6.07, 6.45) is -0.672. The zero-order valence-electron chi connectivity index (χ0n) is 19.4. The van der Waals surface area contributed by atoms with Gasteiger partial charge in [-0.25, -0.2) is 9.59 Å². The minimum atomic E-state index is -4.09. The Morgan fingerprint density at radius 1 is 0.771 bits per heavy atom. The molecular formula is C26H28NO7P. The quantitative estimate of drug-likeness (QED) is 0.275. The predicted octanol–water partition coefficient (Wildman–Crippen LogP) is 5.08. The van der Waals surface area contributed by atoms with Gasteiger partial charge in [0.15, 0.2) is 6.61 Å². The third-order valence-electron chi connectivity index (χ3n) is 4.99. The number of rotatable bonds is 12. The second kappa shape index (κ2) is 13.4. The number of methoxy groups -OCH3 is 1. The van der Waals surface area contributed by atoms with Crippen molar-refractivity contribution >= 4 is 19.7 Å². The van der Waals surface area contributed by atoms with Crippen molar-refractivity contribution in [2.75, 3.05) is 13.7 Å². The largest absolute Gasteiger partial charge is 0.467 e. The first-order valence-electron chi connectivity index (χ1n) is 11.0. The molecule has 0 aromatic heterocycles. The summed E-state index contributed by atoms with van der Waals surface area (Å²) in [7, 11) is -2.89. The van der Waals surface area contributed by atoms with Gasteiger partial charge in [-0.3, -0.25) is 9.09 Å². The molecule has 1 amide bonds. The van der Waals surface area contributed by atoms with E-state index in [2.05, 4.69) is 10.1 Å². The van der Waals surface area contributed by atoms with Crippen LogP contribution in [0.4, 0.5) is 4.79 Å². The molecule has 0 saturated carbocycles. The van der Waals surface area contributed by atoms with E-state index in [0.29, 0.717) is 0 Å². The predicted molar refractivity (Wildman–Crippen MR) is 131 cm³/mol. The summed E-state index contributed by atoms with van der Waals surface area (Å²) in [5, 5.41) is 2.63. The van der Waals surface area contributed by atoms with Crippen LogP contribution in [0.3, 0.4) is 0 Å². The Morgan fingerprint density at radius 3 is 1.83 bits per heavy atom. The molecule has 0 aliphatic rings. The average Bonchev–Trinajstić information content (AvgIpc) is 2.91. The summed E-state index contributed by atoms with van der Waals surface area (Å²) in [5.41, 5.74) is 2.33. The van der Waals surface area contributed by atoms with Crippen molar-refractivity contribution in [1.82, 2.24) is 5.32 Å². The molecule has 3 aromatic rings. The van der Waals surface area contributed by atoms with Gasteiger partial charge in [0.05, 0.1) is 13.7 Å². The number of nitrogens with one attached hydrogen (secondary N) is 1. The maximum Gasteiger partial charge on any atom is 0.408 e. The lowest BCUT2D eigenvalue weighted by Crippen LogP contribution is -2.38. The molecule has 35 heavy (non-hydrogen) atoms. The van der Waals surface area contributed by atoms with Crippen molar-refractivity contribution in [3.63, 3.8) is 0 Å². The first-order valence-corrected chi connectivity index (χ1v) is 12.6. The zero-order valence-corrected chi connectivity index (χ0v) is 20.3. The number of ether oxygens (including phenoxy) is 2. The van der Waals surface area contributed by atoms with Crippen molar-refractivity contribution in [3.05, 3.63) is 108 Å². The molecule has 0 radical (unpaired) electrons. The molecule has 2 atom stereocenters. The van der Waals surface area contributed by atoms with Crippen molar-refractivity contribution in [2.45, 2.75) is 25.4 Å². The lowest BCUT2D eigenvalue weighted by atomic mass is 10.1. The molecule has 9 heteroatoms. The molecule has 3 rings (SSSR count). The highest BCUT2D eigenvalue weighted by molar-refractivity contribution is 7.54. The van der Waals surface area contributed by atoms with E-state index in [9.17, 15) is 14.2 Å². The first-order chi connectivity index (χ1) is 17.0. The third kappa shape index (κ3) is 8.68. The number of esters is 1. The van der Waals surface area contributed by atoms with E-state index >= 15 is 0 Å². The minimum absolute atomic E-state index is 0.0307. The lowest BCUT2D eigenvalue weighted by molar-refractivity contribution is -0.143. The van der Waals surface area contributed by atoms with E-state index in [1.54, 1.807) is 12.1 Å². The summed E-state index contributed by atoms with van der Waals surface area (Å²) in [6.45, 7) is -0.622. The van der Waals surface area contributed by atoms with Gasteiger partial charge in [0.25, 0.3) is 0 Å². The van der Waals surface area contributed by atoms with E-state index in [1.807, 2.05) is 78.9 Å². The molecule has 0 bridgehead atoms. The van der Waals surface area contributed by atoms with Crippen LogP contribution < -0.4 is 5.32 Å². The Labute approximate surface area is 204 Å². The van der Waals surface area contributed by atoms with E-state index in [0.717, 1.165) is 16.7 Å². The standard InChI is InChI=1S/C26H28NO7P/c1-31-25(28)20-34-35(30,33-19-23-15-9-4-10-16-23)24(17-21-11-5-2-6-12-21)27-26(29)32-18-22-13-7-3-8-14-22/h2-16,24H,17-20H2,1H3,(H,27,29)/t24-,35?/m1/s1. The molecule has 0 heterocycles. The Balaban J connectivity index is 1.80. The Morgan fingerprint density at radius 2 is 1.29 bits per heavy atom. The molecule has 184 valence electrons. The van der Waals surface area contributed by atoms with Crippen molar-refractivity contribution in [1.29, 1.82) is 0 Å². The van der Waals surface area contributed by atoms with Crippen LogP contribution in [0.1, 0.15) is 16.7 Å². The maximum atomic E-state index is 14.0. The van der Waals surface area contributed by atoms with Crippen LogP contribution in [0, 0.1) is 0 Å². The van der Waals surface area contributed by atoms with E-state index in [-0.39, 0.29) is 19.6 Å². The zero-order chi connectivity index (χ0) is 24.9. The van der Waals surface area contributed by atoms with Gasteiger partial charge in [-0.05, 0) is 16.7 Å². The van der Waals surface area contributed by atoms with Crippen LogP contribution >= 0.6 is 7.60 Å². The molecule has 1 unspecified atom stereocenters. The maximum absolute atomic E-state index is 14.0. The number of carbonyl (C=O) groups is 2. The normalized spacial score (nSPS) is 13.3. The fraction of sp³-hybridized carbons (Fsp3) is 0.231. The van der Waals surface area contributed by atoms with Crippen molar-refractivity contribution in [3.8, 4) is 0 Å². The molecule has 0 aliphatic carbocycles. The molecule has 0 saturated heterocycles. The van der Waals surface area contributed by atoms with Crippen molar-refractivity contribution < 1.29 is 32.7 Å². The monoisotopic (exact) mass is 497 g/mol.